The van der Waals surface area contributed by atoms with E-state index in [-0.39, 0.29) is 32.2 Å². The molecule has 2 aromatic carbocycles. The molecular weight excluding hydrogens is 398 g/mol. The van der Waals surface area contributed by atoms with Crippen molar-refractivity contribution >= 4 is 58.2 Å². The molecule has 126 valence electrons. The van der Waals surface area contributed by atoms with Gasteiger partial charge >= 0.3 is 5.97 Å². The van der Waals surface area contributed by atoms with Crippen LogP contribution in [0.15, 0.2) is 35.5 Å². The van der Waals surface area contributed by atoms with E-state index in [2.05, 4.69) is 5.16 Å². The van der Waals surface area contributed by atoms with Crippen LogP contribution in [0.2, 0.25) is 20.1 Å². The second-order valence-electron chi connectivity index (χ2n) is 4.42. The molecule has 0 atom stereocenters. The topological polar surface area (TPSA) is 73.9 Å². The van der Waals surface area contributed by atoms with Crippen LogP contribution in [-0.2, 0) is 4.84 Å². The lowest BCUT2D eigenvalue weighted by atomic mass is 10.2. The first-order valence-corrected chi connectivity index (χ1v) is 7.88. The molecule has 0 aliphatic carbocycles. The van der Waals surface area contributed by atoms with Crippen molar-refractivity contribution in [3.63, 3.8) is 0 Å². The third kappa shape index (κ3) is 4.05. The average Bonchev–Trinajstić information content (AvgIpc) is 2.56. The van der Waals surface area contributed by atoms with E-state index in [1.165, 1.54) is 25.3 Å². The molecule has 24 heavy (non-hydrogen) atoms. The van der Waals surface area contributed by atoms with Gasteiger partial charge in [-0.15, -0.1) is 0 Å². The molecule has 2 aromatic rings. The second-order valence-corrected chi connectivity index (χ2v) is 6.05. The van der Waals surface area contributed by atoms with E-state index in [1.54, 1.807) is 12.1 Å². The molecule has 0 fully saturated rings. The van der Waals surface area contributed by atoms with E-state index in [1.807, 2.05) is 0 Å². The van der Waals surface area contributed by atoms with E-state index in [0.717, 1.165) is 0 Å². The smallest absolute Gasteiger partial charge is 0.371 e. The quantitative estimate of drug-likeness (QED) is 0.342. The van der Waals surface area contributed by atoms with Gasteiger partial charge in [0.1, 0.15) is 5.56 Å². The van der Waals surface area contributed by atoms with Gasteiger partial charge in [-0.2, -0.15) is 0 Å². The van der Waals surface area contributed by atoms with Gasteiger partial charge in [-0.05, 0) is 30.3 Å². The molecule has 0 aliphatic heterocycles. The van der Waals surface area contributed by atoms with Gasteiger partial charge in [-0.3, -0.25) is 0 Å². The predicted octanol–water partition coefficient (Wildman–Crippen LogP) is 4.79. The zero-order valence-corrected chi connectivity index (χ0v) is 15.2. The van der Waals surface area contributed by atoms with Crippen LogP contribution in [-0.4, -0.2) is 18.9 Å². The lowest BCUT2D eigenvalue weighted by Gasteiger charge is -2.09. The van der Waals surface area contributed by atoms with Crippen molar-refractivity contribution < 1.29 is 14.4 Å². The molecule has 0 heterocycles. The van der Waals surface area contributed by atoms with E-state index < -0.39 is 5.97 Å². The van der Waals surface area contributed by atoms with E-state index in [0.29, 0.717) is 10.6 Å². The minimum absolute atomic E-state index is 0.0580. The fraction of sp³-hybridized carbons (Fsp3) is 0.0667. The van der Waals surface area contributed by atoms with Gasteiger partial charge in [0.2, 0.25) is 0 Å². The number of amidine groups is 1. The Hall–Kier alpha value is -1.66. The van der Waals surface area contributed by atoms with Gasteiger partial charge in [-0.25, -0.2) is 4.79 Å². The highest BCUT2D eigenvalue weighted by molar-refractivity contribution is 6.42. The Morgan fingerprint density at radius 2 is 1.62 bits per heavy atom. The number of nitrogens with two attached hydrogens (primary N) is 1. The average molecular weight is 408 g/mol. The van der Waals surface area contributed by atoms with Gasteiger partial charge in [0.05, 0.1) is 27.2 Å². The molecule has 5 nitrogen and oxygen atoms in total. The molecule has 0 saturated heterocycles. The number of methoxy groups -OCH3 is 1. The van der Waals surface area contributed by atoms with Gasteiger partial charge in [0.25, 0.3) is 0 Å². The molecule has 0 saturated carbocycles. The van der Waals surface area contributed by atoms with E-state index in [9.17, 15) is 4.79 Å². The van der Waals surface area contributed by atoms with Crippen LogP contribution < -0.4 is 10.5 Å². The van der Waals surface area contributed by atoms with Crippen molar-refractivity contribution in [1.82, 2.24) is 0 Å². The van der Waals surface area contributed by atoms with Gasteiger partial charge < -0.3 is 15.3 Å². The maximum Gasteiger partial charge on any atom is 0.371 e. The number of benzene rings is 2. The maximum absolute atomic E-state index is 12.2. The summed E-state index contributed by atoms with van der Waals surface area (Å²) in [4.78, 5) is 17.0. The number of oxime groups is 1. The Balaban J connectivity index is 2.27. The normalized spacial score (nSPS) is 11.3. The standard InChI is InChI=1S/C15H10Cl4N2O3/c1-23-13-10(18)5-4-9(17)12(13)15(22)24-21-14(20)7-2-3-8(16)11(19)6-7/h2-6H,1H3,(H2,20,21). The van der Waals surface area contributed by atoms with Crippen LogP contribution in [0.1, 0.15) is 15.9 Å². The highest BCUT2D eigenvalue weighted by Gasteiger charge is 2.21. The van der Waals surface area contributed by atoms with E-state index >= 15 is 0 Å². The van der Waals surface area contributed by atoms with Crippen molar-refractivity contribution in [1.29, 1.82) is 0 Å². The summed E-state index contributed by atoms with van der Waals surface area (Å²) in [5, 5.41) is 4.53. The number of halogens is 4. The highest BCUT2D eigenvalue weighted by Crippen LogP contribution is 2.34. The molecule has 0 aromatic heterocycles. The minimum Gasteiger partial charge on any atom is -0.494 e. The first-order chi connectivity index (χ1) is 11.3. The number of ether oxygens (including phenoxy) is 1. The van der Waals surface area contributed by atoms with Crippen molar-refractivity contribution in [2.24, 2.45) is 10.9 Å². The maximum atomic E-state index is 12.2. The summed E-state index contributed by atoms with van der Waals surface area (Å²) in [7, 11) is 1.35. The fourth-order valence-electron chi connectivity index (χ4n) is 1.77. The first kappa shape index (κ1) is 18.7. The molecule has 2 rings (SSSR count). The first-order valence-electron chi connectivity index (χ1n) is 6.37. The van der Waals surface area contributed by atoms with Crippen molar-refractivity contribution in [2.45, 2.75) is 0 Å². The third-order valence-electron chi connectivity index (χ3n) is 2.91. The summed E-state index contributed by atoms with van der Waals surface area (Å²) < 4.78 is 5.07. The van der Waals surface area contributed by atoms with Crippen molar-refractivity contribution in [3.05, 3.63) is 61.5 Å². The Bertz CT molecular complexity index is 825. The Labute approximate surface area is 157 Å². The largest absolute Gasteiger partial charge is 0.494 e. The lowest BCUT2D eigenvalue weighted by molar-refractivity contribution is 0.0512. The molecule has 0 radical (unpaired) electrons. The summed E-state index contributed by atoms with van der Waals surface area (Å²) in [6.07, 6.45) is 0. The van der Waals surface area contributed by atoms with Crippen LogP contribution in [0.25, 0.3) is 0 Å². The number of rotatable bonds is 4. The van der Waals surface area contributed by atoms with Gasteiger partial charge in [-0.1, -0.05) is 51.6 Å². The fourth-order valence-corrected chi connectivity index (χ4v) is 2.53. The van der Waals surface area contributed by atoms with Gasteiger partial charge in [0.15, 0.2) is 11.6 Å². The monoisotopic (exact) mass is 406 g/mol. The van der Waals surface area contributed by atoms with Crippen LogP contribution in [0.3, 0.4) is 0 Å². The number of hydrogen-bond acceptors (Lipinski definition) is 4. The summed E-state index contributed by atoms with van der Waals surface area (Å²) in [6, 6.07) is 7.54. The molecular formula is C15H10Cl4N2O3. The zero-order chi connectivity index (χ0) is 17.9. The number of carbonyl (C=O) groups excluding carboxylic acids is 1. The van der Waals surface area contributed by atoms with E-state index in [4.69, 9.17) is 61.7 Å². The Morgan fingerprint density at radius 3 is 2.25 bits per heavy atom. The SMILES string of the molecule is COc1c(Cl)ccc(Cl)c1C(=O)O/N=C(\N)c1ccc(Cl)c(Cl)c1. The third-order valence-corrected chi connectivity index (χ3v) is 4.26. The number of hydrogen-bond donors (Lipinski definition) is 1. The molecule has 2 N–H and O–H groups in total. The molecule has 0 spiro atoms. The summed E-state index contributed by atoms with van der Waals surface area (Å²) in [6.45, 7) is 0. The predicted molar refractivity (Wildman–Crippen MR) is 95.6 cm³/mol. The molecule has 9 heteroatoms. The van der Waals surface area contributed by atoms with Crippen LogP contribution in [0.4, 0.5) is 0 Å². The second kappa shape index (κ2) is 7.94. The summed E-state index contributed by atoms with van der Waals surface area (Å²) >= 11 is 23.7. The lowest BCUT2D eigenvalue weighted by Crippen LogP contribution is -2.15. The summed E-state index contributed by atoms with van der Waals surface area (Å²) in [5.41, 5.74) is 6.13. The van der Waals surface area contributed by atoms with Crippen molar-refractivity contribution in [2.75, 3.05) is 7.11 Å². The molecule has 0 bridgehead atoms. The number of nitrogens with zero attached hydrogens (tertiary/aromatic N) is 1. The summed E-state index contributed by atoms with van der Waals surface area (Å²) in [5.74, 6) is -0.862. The van der Waals surface area contributed by atoms with Crippen molar-refractivity contribution in [3.8, 4) is 5.75 Å². The van der Waals surface area contributed by atoms with Crippen LogP contribution >= 0.6 is 46.4 Å². The Morgan fingerprint density at radius 1 is 1.00 bits per heavy atom. The molecule has 0 unspecified atom stereocenters. The zero-order valence-electron chi connectivity index (χ0n) is 12.1. The molecule has 0 amide bonds. The minimum atomic E-state index is -0.873. The molecule has 0 aliphatic rings. The highest BCUT2D eigenvalue weighted by atomic mass is 35.5. The Kier molecular flexibility index (Phi) is 6.18. The number of carbonyl (C=O) groups is 1. The van der Waals surface area contributed by atoms with Crippen LogP contribution in [0, 0.1) is 0 Å². The van der Waals surface area contributed by atoms with Gasteiger partial charge in [0, 0.05) is 5.56 Å². The van der Waals surface area contributed by atoms with Crippen LogP contribution in [0.5, 0.6) is 5.75 Å².